The van der Waals surface area contributed by atoms with E-state index in [4.69, 9.17) is 4.42 Å². The Hall–Kier alpha value is -4.44. The molecule has 0 aliphatic rings. The normalized spacial score (nSPS) is 10.8. The van der Waals surface area contributed by atoms with E-state index < -0.39 is 0 Å². The number of hydrogen-bond donors (Lipinski definition) is 0. The number of fused-ring (bicyclic) bond motifs is 3. The van der Waals surface area contributed by atoms with Crippen molar-refractivity contribution in [2.24, 2.45) is 5.92 Å². The minimum atomic E-state index is -0.300. The third-order valence-corrected chi connectivity index (χ3v) is 6.99. The Morgan fingerprint density at radius 3 is 2.23 bits per heavy atom. The van der Waals surface area contributed by atoms with Crippen molar-refractivity contribution in [3.63, 3.8) is 0 Å². The summed E-state index contributed by atoms with van der Waals surface area (Å²) in [5, 5.41) is 1.81. The summed E-state index contributed by atoms with van der Waals surface area (Å²) in [7, 11) is 0. The van der Waals surface area contributed by atoms with Gasteiger partial charge in [-0.05, 0) is 53.6 Å². The predicted octanol–water partition coefficient (Wildman–Crippen LogP) is 10.00. The molecule has 0 amide bonds. The Morgan fingerprint density at radius 1 is 0.721 bits per heavy atom. The summed E-state index contributed by atoms with van der Waals surface area (Å²) < 4.78 is 20.9. The zero-order valence-corrected chi connectivity index (χ0v) is 26.2. The van der Waals surface area contributed by atoms with Crippen LogP contribution < -0.4 is 0 Å². The van der Waals surface area contributed by atoms with E-state index in [1.807, 2.05) is 91.1 Å². The Bertz CT molecular complexity index is 1940. The van der Waals surface area contributed by atoms with E-state index in [9.17, 15) is 4.39 Å². The van der Waals surface area contributed by atoms with Gasteiger partial charge in [-0.3, -0.25) is 0 Å². The number of aromatic nitrogens is 2. The number of rotatable bonds is 5. The quantitative estimate of drug-likeness (QED) is 0.165. The molecule has 0 N–H and O–H groups in total. The molecule has 0 spiro atoms. The molecule has 0 atom stereocenters. The molecule has 4 aromatic carbocycles. The summed E-state index contributed by atoms with van der Waals surface area (Å²) in [6.07, 6.45) is 4.72. The third-order valence-electron chi connectivity index (χ3n) is 6.99. The average Bonchev–Trinajstić information content (AvgIpc) is 3.41. The van der Waals surface area contributed by atoms with Crippen LogP contribution in [0, 0.1) is 23.9 Å². The van der Waals surface area contributed by atoms with Gasteiger partial charge in [0, 0.05) is 37.9 Å². The number of hydrogen-bond acceptors (Lipinski definition) is 3. The van der Waals surface area contributed by atoms with E-state index in [2.05, 4.69) is 48.1 Å². The Morgan fingerprint density at radius 2 is 1.49 bits per heavy atom. The summed E-state index contributed by atoms with van der Waals surface area (Å²) in [6, 6.07) is 40.9. The molecule has 0 aliphatic carbocycles. The second-order valence-electron chi connectivity index (χ2n) is 10.5. The number of pyridine rings is 2. The van der Waals surface area contributed by atoms with Crippen LogP contribution in [0.1, 0.15) is 19.4 Å². The van der Waals surface area contributed by atoms with Crippen LogP contribution in [0.15, 0.2) is 126 Å². The molecule has 1 radical (unpaired) electrons. The van der Waals surface area contributed by atoms with Crippen LogP contribution in [-0.2, 0) is 26.5 Å². The Balaban J connectivity index is 0.000000188. The molecule has 7 rings (SSSR count). The van der Waals surface area contributed by atoms with Crippen LogP contribution in [0.2, 0.25) is 0 Å². The van der Waals surface area contributed by atoms with E-state index in [-0.39, 0.29) is 25.9 Å². The monoisotopic (exact) mass is 741 g/mol. The number of benzene rings is 4. The third kappa shape index (κ3) is 6.64. The van der Waals surface area contributed by atoms with Gasteiger partial charge in [-0.15, -0.1) is 54.1 Å². The van der Waals surface area contributed by atoms with E-state index in [0.717, 1.165) is 45.3 Å². The molecule has 215 valence electrons. The van der Waals surface area contributed by atoms with Gasteiger partial charge in [-0.2, -0.15) is 0 Å². The van der Waals surface area contributed by atoms with Crippen LogP contribution in [0.4, 0.5) is 4.39 Å². The van der Waals surface area contributed by atoms with Crippen molar-refractivity contribution in [3.8, 4) is 33.6 Å². The number of furan rings is 1. The van der Waals surface area contributed by atoms with E-state index in [0.29, 0.717) is 22.6 Å². The Labute approximate surface area is 264 Å². The van der Waals surface area contributed by atoms with Gasteiger partial charge >= 0.3 is 0 Å². The fourth-order valence-electron chi connectivity index (χ4n) is 5.13. The molecule has 0 fully saturated rings. The first-order chi connectivity index (χ1) is 20.6. The zero-order valence-electron chi connectivity index (χ0n) is 23.8. The molecule has 3 heterocycles. The van der Waals surface area contributed by atoms with Gasteiger partial charge in [0.25, 0.3) is 0 Å². The van der Waals surface area contributed by atoms with Crippen LogP contribution in [0.25, 0.3) is 55.6 Å². The summed E-state index contributed by atoms with van der Waals surface area (Å²) in [4.78, 5) is 8.79. The fraction of sp³-hybridized carbons (Fsp3) is 0.105. The van der Waals surface area contributed by atoms with E-state index in [1.165, 1.54) is 11.6 Å². The number of halogens is 1. The second kappa shape index (κ2) is 13.7. The Kier molecular flexibility index (Phi) is 9.56. The topological polar surface area (TPSA) is 38.9 Å². The molecule has 7 aromatic rings. The van der Waals surface area contributed by atoms with Crippen molar-refractivity contribution in [2.45, 2.75) is 20.3 Å². The molecule has 5 heteroatoms. The van der Waals surface area contributed by atoms with Gasteiger partial charge < -0.3 is 14.4 Å². The van der Waals surface area contributed by atoms with Gasteiger partial charge in [0.2, 0.25) is 0 Å². The first-order valence-corrected chi connectivity index (χ1v) is 14.0. The molecule has 0 unspecified atom stereocenters. The van der Waals surface area contributed by atoms with Crippen molar-refractivity contribution in [1.82, 2.24) is 9.97 Å². The predicted molar refractivity (Wildman–Crippen MR) is 168 cm³/mol. The molecule has 3 aromatic heterocycles. The van der Waals surface area contributed by atoms with Gasteiger partial charge in [0.05, 0.1) is 11.1 Å². The molecule has 0 saturated carbocycles. The second-order valence-corrected chi connectivity index (χ2v) is 10.5. The van der Waals surface area contributed by atoms with E-state index >= 15 is 0 Å². The van der Waals surface area contributed by atoms with Crippen molar-refractivity contribution in [1.29, 1.82) is 0 Å². The summed E-state index contributed by atoms with van der Waals surface area (Å²) in [6.45, 7) is 4.46. The van der Waals surface area contributed by atoms with Gasteiger partial charge in [-0.25, -0.2) is 4.39 Å². The van der Waals surface area contributed by atoms with Gasteiger partial charge in [0.15, 0.2) is 0 Å². The molecular formula is C38H29FIrN2O-2. The van der Waals surface area contributed by atoms with Gasteiger partial charge in [0.1, 0.15) is 11.4 Å². The van der Waals surface area contributed by atoms with Crippen LogP contribution in [-0.4, -0.2) is 9.97 Å². The maximum Gasteiger partial charge on any atom is 0.134 e. The van der Waals surface area contributed by atoms with Crippen LogP contribution in [0.3, 0.4) is 0 Å². The minimum Gasteiger partial charge on any atom is -0.500 e. The molecule has 0 aliphatic heterocycles. The van der Waals surface area contributed by atoms with Crippen molar-refractivity contribution < 1.29 is 28.9 Å². The number of nitrogens with zero attached hydrogens (tertiary/aromatic N) is 2. The molecule has 43 heavy (non-hydrogen) atoms. The standard InChI is InChI=1S/C23H13FNO.C15H16N.Ir/c24-19-13-12-17-16-9-6-10-18(20-11-4-5-14-25-20)22(16)26-23(17)21(19)15-7-2-1-3-8-15;1-12(2)10-13-8-9-16-15(11-13)14-6-4-3-5-7-14;/h1-9,11-14H;3-6,8-9,11-12H,10H2,1-2H3;/q2*-1;. The van der Waals surface area contributed by atoms with Crippen molar-refractivity contribution in [3.05, 3.63) is 145 Å². The molecule has 0 bridgehead atoms. The van der Waals surface area contributed by atoms with E-state index in [1.54, 1.807) is 12.3 Å². The molecule has 0 saturated heterocycles. The maximum atomic E-state index is 14.7. The van der Waals surface area contributed by atoms with Crippen molar-refractivity contribution in [2.75, 3.05) is 0 Å². The van der Waals surface area contributed by atoms with Crippen molar-refractivity contribution >= 4 is 21.9 Å². The minimum absolute atomic E-state index is 0. The largest absolute Gasteiger partial charge is 0.500 e. The first-order valence-electron chi connectivity index (χ1n) is 14.0. The summed E-state index contributed by atoms with van der Waals surface area (Å²) in [5.74, 6) is 0.376. The maximum absolute atomic E-state index is 14.7. The smallest absolute Gasteiger partial charge is 0.134 e. The molecule has 3 nitrogen and oxygen atoms in total. The first kappa shape index (κ1) is 30.0. The van der Waals surface area contributed by atoms with Crippen LogP contribution in [0.5, 0.6) is 0 Å². The SMILES string of the molecule is CC(C)Cc1ccnc(-c2[c-]cccc2)c1.Fc1ccc2c(oc3c(-c4ccccn4)[c-]ccc32)c1-c1ccccc1.[Ir]. The fourth-order valence-corrected chi connectivity index (χ4v) is 5.13. The molecular weight excluding hydrogens is 712 g/mol. The summed E-state index contributed by atoms with van der Waals surface area (Å²) in [5.41, 5.74) is 7.46. The zero-order chi connectivity index (χ0) is 28.9. The van der Waals surface area contributed by atoms with Gasteiger partial charge in [-0.1, -0.05) is 78.9 Å². The van der Waals surface area contributed by atoms with Crippen LogP contribution >= 0.6 is 0 Å². The summed E-state index contributed by atoms with van der Waals surface area (Å²) >= 11 is 0. The average molecular weight is 741 g/mol.